The Labute approximate surface area is 123 Å². The first-order chi connectivity index (χ1) is 8.93. The molecule has 0 bridgehead atoms. The van der Waals surface area contributed by atoms with Crippen molar-refractivity contribution in [2.24, 2.45) is 0 Å². The largest absolute Gasteiger partial charge is 0.383 e. The summed E-state index contributed by atoms with van der Waals surface area (Å²) in [6, 6.07) is 1.48. The number of aromatic nitrogens is 1. The maximum Gasteiger partial charge on any atom is 0.244 e. The van der Waals surface area contributed by atoms with Gasteiger partial charge in [0.1, 0.15) is 4.90 Å². The zero-order chi connectivity index (χ0) is 14.5. The molecule has 0 saturated carbocycles. The van der Waals surface area contributed by atoms with Crippen LogP contribution in [0.1, 0.15) is 20.3 Å². The second-order valence-corrected chi connectivity index (χ2v) is 7.01. The summed E-state index contributed by atoms with van der Waals surface area (Å²) in [5, 5.41) is 0. The van der Waals surface area contributed by atoms with E-state index in [0.717, 1.165) is 6.42 Å². The third-order valence-corrected chi connectivity index (χ3v) is 5.30. The summed E-state index contributed by atoms with van der Waals surface area (Å²) in [5.74, 6) is 0. The predicted molar refractivity (Wildman–Crippen MR) is 77.5 cm³/mol. The molecule has 19 heavy (non-hydrogen) atoms. The van der Waals surface area contributed by atoms with Crippen molar-refractivity contribution in [1.29, 1.82) is 0 Å². The normalized spacial score (nSPS) is 13.7. The Morgan fingerprint density at radius 1 is 1.47 bits per heavy atom. The Morgan fingerprint density at radius 2 is 2.16 bits per heavy atom. The molecule has 1 unspecified atom stereocenters. The molecule has 1 rings (SSSR count). The molecule has 7 heteroatoms. The molecule has 0 aliphatic carbocycles. The van der Waals surface area contributed by atoms with Gasteiger partial charge < -0.3 is 4.74 Å². The minimum Gasteiger partial charge on any atom is -0.383 e. The van der Waals surface area contributed by atoms with Crippen molar-refractivity contribution in [3.63, 3.8) is 0 Å². The quantitative estimate of drug-likeness (QED) is 0.756. The average Bonchev–Trinajstić information content (AvgIpc) is 2.38. The predicted octanol–water partition coefficient (Wildman–Crippen LogP) is 2.28. The summed E-state index contributed by atoms with van der Waals surface area (Å²) in [5.41, 5.74) is 0. The number of ether oxygens (including phenoxy) is 1. The summed E-state index contributed by atoms with van der Waals surface area (Å²) in [7, 11) is -1.99. The third-order valence-electron chi connectivity index (χ3n) is 2.88. The minimum absolute atomic E-state index is 0.0841. The first-order valence-electron chi connectivity index (χ1n) is 6.04. The molecule has 5 nitrogen and oxygen atoms in total. The van der Waals surface area contributed by atoms with Crippen LogP contribution < -0.4 is 0 Å². The fraction of sp³-hybridized carbons (Fsp3) is 0.583. The highest BCUT2D eigenvalue weighted by molar-refractivity contribution is 9.10. The summed E-state index contributed by atoms with van der Waals surface area (Å²) in [4.78, 5) is 4.11. The van der Waals surface area contributed by atoms with Gasteiger partial charge in [-0.15, -0.1) is 0 Å². The van der Waals surface area contributed by atoms with Gasteiger partial charge in [0.15, 0.2) is 0 Å². The summed E-state index contributed by atoms with van der Waals surface area (Å²) < 4.78 is 32.3. The van der Waals surface area contributed by atoms with E-state index in [1.54, 1.807) is 19.4 Å². The molecular weight excluding hydrogens is 332 g/mol. The third kappa shape index (κ3) is 4.24. The molecule has 0 aliphatic heterocycles. The highest BCUT2D eigenvalue weighted by Gasteiger charge is 2.28. The fourth-order valence-electron chi connectivity index (χ4n) is 1.63. The standard InChI is InChI=1S/C12H19BrN2O3S/c1-4-10(2)15(5-6-18-3)19(16,17)12-7-11(13)8-14-9-12/h7-10H,4-6H2,1-3H3. The zero-order valence-corrected chi connectivity index (χ0v) is 13.7. The van der Waals surface area contributed by atoms with E-state index in [1.165, 1.54) is 10.5 Å². The van der Waals surface area contributed by atoms with Crippen LogP contribution in [0.2, 0.25) is 0 Å². The van der Waals surface area contributed by atoms with Crippen molar-refractivity contribution in [3.8, 4) is 0 Å². The maximum atomic E-state index is 12.6. The minimum atomic E-state index is -3.55. The molecule has 0 N–H and O–H groups in total. The van der Waals surface area contributed by atoms with E-state index in [0.29, 0.717) is 17.6 Å². The molecule has 108 valence electrons. The molecule has 0 fully saturated rings. The summed E-state index contributed by atoms with van der Waals surface area (Å²) in [6.07, 6.45) is 3.66. The van der Waals surface area contributed by atoms with Crippen molar-refractivity contribution in [2.75, 3.05) is 20.3 Å². The smallest absolute Gasteiger partial charge is 0.244 e. The van der Waals surface area contributed by atoms with Crippen LogP contribution in [0.3, 0.4) is 0 Å². The highest BCUT2D eigenvalue weighted by atomic mass is 79.9. The number of pyridine rings is 1. The number of nitrogens with zero attached hydrogens (tertiary/aromatic N) is 2. The Bertz CT molecular complexity index is 507. The lowest BCUT2D eigenvalue weighted by Crippen LogP contribution is -2.40. The van der Waals surface area contributed by atoms with Crippen LogP contribution in [0, 0.1) is 0 Å². The van der Waals surface area contributed by atoms with Gasteiger partial charge >= 0.3 is 0 Å². The Balaban J connectivity index is 3.11. The lowest BCUT2D eigenvalue weighted by Gasteiger charge is -2.27. The van der Waals surface area contributed by atoms with Gasteiger partial charge in [-0.2, -0.15) is 4.31 Å². The number of rotatable bonds is 7. The number of hydrogen-bond donors (Lipinski definition) is 0. The molecule has 0 radical (unpaired) electrons. The Morgan fingerprint density at radius 3 is 2.68 bits per heavy atom. The van der Waals surface area contributed by atoms with Gasteiger partial charge in [0, 0.05) is 36.6 Å². The van der Waals surface area contributed by atoms with E-state index in [2.05, 4.69) is 20.9 Å². The first-order valence-corrected chi connectivity index (χ1v) is 8.28. The van der Waals surface area contributed by atoms with Crippen molar-refractivity contribution in [1.82, 2.24) is 9.29 Å². The fourth-order valence-corrected chi connectivity index (χ4v) is 3.83. The van der Waals surface area contributed by atoms with Crippen LogP contribution in [0.5, 0.6) is 0 Å². The van der Waals surface area contributed by atoms with Crippen molar-refractivity contribution in [2.45, 2.75) is 31.2 Å². The van der Waals surface area contributed by atoms with E-state index in [4.69, 9.17) is 4.74 Å². The van der Waals surface area contributed by atoms with Crippen LogP contribution in [-0.4, -0.2) is 44.0 Å². The van der Waals surface area contributed by atoms with Gasteiger partial charge in [0.05, 0.1) is 6.61 Å². The molecule has 0 spiro atoms. The van der Waals surface area contributed by atoms with E-state index in [9.17, 15) is 8.42 Å². The van der Waals surface area contributed by atoms with Gasteiger partial charge in [0.25, 0.3) is 0 Å². The molecule has 1 heterocycles. The van der Waals surface area contributed by atoms with Crippen LogP contribution in [0.4, 0.5) is 0 Å². The first kappa shape index (κ1) is 16.6. The molecule has 0 aliphatic rings. The summed E-state index contributed by atoms with van der Waals surface area (Å²) >= 11 is 3.24. The number of sulfonamides is 1. The maximum absolute atomic E-state index is 12.6. The summed E-state index contributed by atoms with van der Waals surface area (Å²) in [6.45, 7) is 4.54. The molecular formula is C12H19BrN2O3S. The average molecular weight is 351 g/mol. The van der Waals surface area contributed by atoms with E-state index in [-0.39, 0.29) is 10.9 Å². The van der Waals surface area contributed by atoms with Crippen LogP contribution in [-0.2, 0) is 14.8 Å². The molecule has 0 saturated heterocycles. The number of hydrogen-bond acceptors (Lipinski definition) is 4. The van der Waals surface area contributed by atoms with Crippen molar-refractivity contribution in [3.05, 3.63) is 22.9 Å². The van der Waals surface area contributed by atoms with Crippen molar-refractivity contribution < 1.29 is 13.2 Å². The van der Waals surface area contributed by atoms with Gasteiger partial charge in [-0.3, -0.25) is 4.98 Å². The number of methoxy groups -OCH3 is 1. The van der Waals surface area contributed by atoms with Gasteiger partial charge in [-0.1, -0.05) is 6.92 Å². The van der Waals surface area contributed by atoms with E-state index in [1.807, 2.05) is 13.8 Å². The van der Waals surface area contributed by atoms with Crippen molar-refractivity contribution >= 4 is 26.0 Å². The van der Waals surface area contributed by atoms with Gasteiger partial charge in [0.2, 0.25) is 10.0 Å². The Kier molecular flexibility index (Phi) is 6.38. The van der Waals surface area contributed by atoms with Gasteiger partial charge in [-0.25, -0.2) is 8.42 Å². The van der Waals surface area contributed by atoms with E-state index < -0.39 is 10.0 Å². The number of halogens is 1. The monoisotopic (exact) mass is 350 g/mol. The molecule has 0 amide bonds. The molecule has 1 aromatic rings. The zero-order valence-electron chi connectivity index (χ0n) is 11.3. The second kappa shape index (κ2) is 7.33. The second-order valence-electron chi connectivity index (χ2n) is 4.20. The van der Waals surface area contributed by atoms with E-state index >= 15 is 0 Å². The Hall–Kier alpha value is -0.500. The molecule has 1 aromatic heterocycles. The van der Waals surface area contributed by atoms with Crippen LogP contribution >= 0.6 is 15.9 Å². The molecule has 1 atom stereocenters. The molecule has 0 aromatic carbocycles. The lowest BCUT2D eigenvalue weighted by molar-refractivity contribution is 0.167. The highest BCUT2D eigenvalue weighted by Crippen LogP contribution is 2.21. The SMILES string of the molecule is CCC(C)N(CCOC)S(=O)(=O)c1cncc(Br)c1. The van der Waals surface area contributed by atoms with Crippen LogP contribution in [0.15, 0.2) is 27.8 Å². The van der Waals surface area contributed by atoms with Crippen LogP contribution in [0.25, 0.3) is 0 Å². The lowest BCUT2D eigenvalue weighted by atomic mass is 10.3. The topological polar surface area (TPSA) is 59.5 Å². The van der Waals surface area contributed by atoms with Gasteiger partial charge in [-0.05, 0) is 35.3 Å².